The van der Waals surface area contributed by atoms with Gasteiger partial charge < -0.3 is 4.74 Å². The second-order valence-electron chi connectivity index (χ2n) is 3.33. The van der Waals surface area contributed by atoms with Crippen molar-refractivity contribution in [1.82, 2.24) is 0 Å². The lowest BCUT2D eigenvalue weighted by Crippen LogP contribution is -1.95. The third-order valence-electron chi connectivity index (χ3n) is 2.03. The van der Waals surface area contributed by atoms with Gasteiger partial charge in [-0.05, 0) is 11.0 Å². The maximum Gasteiger partial charge on any atom is 0.636 e. The average molecular weight is 235 g/mol. The van der Waals surface area contributed by atoms with E-state index in [1.807, 2.05) is 0 Å². The molecule has 0 spiro atoms. The van der Waals surface area contributed by atoms with Crippen molar-refractivity contribution in [2.45, 2.75) is 45.4 Å². The summed E-state index contributed by atoms with van der Waals surface area (Å²) in [5.74, 6) is 0. The van der Waals surface area contributed by atoms with Gasteiger partial charge in [0.1, 0.15) is 6.61 Å². The van der Waals surface area contributed by atoms with Crippen LogP contribution in [0.5, 0.6) is 0 Å². The Morgan fingerprint density at radius 2 is 1.73 bits per heavy atom. The van der Waals surface area contributed by atoms with Crippen LogP contribution in [0.4, 0.5) is 4.79 Å². The number of methoxy groups -OCH3 is 1. The fourth-order valence-electron chi connectivity index (χ4n) is 1.16. The van der Waals surface area contributed by atoms with Gasteiger partial charge in [0.25, 0.3) is 0 Å². The minimum atomic E-state index is -2.28. The molecule has 0 saturated heterocycles. The predicted octanol–water partition coefficient (Wildman–Crippen LogP) is 3.87. The Bertz CT molecular complexity index is 194. The number of hydrogen-bond donors (Lipinski definition) is 0. The van der Waals surface area contributed by atoms with Crippen LogP contribution in [0, 0.1) is 0 Å². The van der Waals surface area contributed by atoms with Crippen molar-refractivity contribution >= 4 is 13.7 Å². The lowest BCUT2D eigenvalue weighted by atomic mass is 10.1. The first-order chi connectivity index (χ1) is 7.22. The molecule has 15 heavy (non-hydrogen) atoms. The third-order valence-corrected chi connectivity index (χ3v) is 2.93. The van der Waals surface area contributed by atoms with Gasteiger partial charge in [0.2, 0.25) is 0 Å². The highest BCUT2D eigenvalue weighted by Gasteiger charge is 2.32. The first-order valence-electron chi connectivity index (χ1n) is 5.40. The molecule has 0 aliphatic rings. The number of ether oxygens (including phenoxy) is 1. The van der Waals surface area contributed by atoms with Gasteiger partial charge in [-0.15, -0.1) is 4.52 Å². The summed E-state index contributed by atoms with van der Waals surface area (Å²) in [6.07, 6.45) is 6.81. The Kier molecular flexibility index (Phi) is 9.75. The van der Waals surface area contributed by atoms with Crippen LogP contribution in [0.3, 0.4) is 0 Å². The summed E-state index contributed by atoms with van der Waals surface area (Å²) < 4.78 is 20.1. The topological polar surface area (TPSA) is 52.6 Å². The zero-order valence-corrected chi connectivity index (χ0v) is 10.4. The summed E-state index contributed by atoms with van der Waals surface area (Å²) in [6.45, 7) is 2.54. The van der Waals surface area contributed by atoms with Crippen molar-refractivity contribution in [3.63, 3.8) is 0 Å². The largest absolute Gasteiger partial charge is 0.636 e. The molecule has 0 radical (unpaired) electrons. The van der Waals surface area contributed by atoms with Gasteiger partial charge in [0.05, 0.1) is 7.11 Å². The summed E-state index contributed by atoms with van der Waals surface area (Å²) in [6, 6.07) is 0. The normalized spacial score (nSPS) is 11.2. The molecule has 0 saturated carbocycles. The molecule has 0 amide bonds. The Morgan fingerprint density at radius 3 is 2.33 bits per heavy atom. The molecule has 0 aromatic carbocycles. The van der Waals surface area contributed by atoms with E-state index in [-0.39, 0.29) is 0 Å². The first kappa shape index (κ1) is 14.5. The molecule has 5 heteroatoms. The molecular formula is C10H20O4P+. The number of unbranched alkanes of at least 4 members (excludes halogenated alkanes) is 5. The second kappa shape index (κ2) is 10.1. The number of carbonyl (C=O) groups excluding carboxylic acids is 1. The summed E-state index contributed by atoms with van der Waals surface area (Å²) in [4.78, 5) is 10.7. The van der Waals surface area contributed by atoms with E-state index >= 15 is 0 Å². The van der Waals surface area contributed by atoms with Crippen molar-refractivity contribution in [3.8, 4) is 0 Å². The monoisotopic (exact) mass is 235 g/mol. The Morgan fingerprint density at radius 1 is 1.13 bits per heavy atom. The van der Waals surface area contributed by atoms with Crippen LogP contribution in [-0.4, -0.2) is 19.4 Å². The summed E-state index contributed by atoms with van der Waals surface area (Å²) in [7, 11) is -1.08. The van der Waals surface area contributed by atoms with E-state index in [1.54, 1.807) is 0 Å². The highest BCUT2D eigenvalue weighted by Crippen LogP contribution is 2.24. The van der Waals surface area contributed by atoms with Crippen molar-refractivity contribution < 1.29 is 18.6 Å². The maximum atomic E-state index is 11.0. The van der Waals surface area contributed by atoms with Crippen molar-refractivity contribution in [2.24, 2.45) is 0 Å². The molecule has 1 unspecified atom stereocenters. The highest BCUT2D eigenvalue weighted by molar-refractivity contribution is 7.58. The zero-order valence-electron chi connectivity index (χ0n) is 9.53. The summed E-state index contributed by atoms with van der Waals surface area (Å²) in [5.41, 5.74) is -0.781. The van der Waals surface area contributed by atoms with Crippen LogP contribution >= 0.6 is 8.03 Å². The van der Waals surface area contributed by atoms with Crippen LogP contribution in [-0.2, 0) is 13.8 Å². The maximum absolute atomic E-state index is 11.0. The number of carbonyl (C=O) groups is 1. The fraction of sp³-hybridized carbons (Fsp3) is 0.900. The molecule has 0 aromatic rings. The van der Waals surface area contributed by atoms with Gasteiger partial charge in [0.15, 0.2) is 0 Å². The molecule has 4 nitrogen and oxygen atoms in total. The van der Waals surface area contributed by atoms with Gasteiger partial charge >= 0.3 is 13.7 Å². The molecule has 0 rings (SSSR count). The smallest absolute Gasteiger partial charge is 0.429 e. The zero-order chi connectivity index (χ0) is 11.5. The first-order valence-corrected chi connectivity index (χ1v) is 6.58. The van der Waals surface area contributed by atoms with E-state index in [0.717, 1.165) is 12.8 Å². The number of rotatable bonds is 9. The molecule has 1 atom stereocenters. The van der Waals surface area contributed by atoms with Crippen LogP contribution in [0.25, 0.3) is 0 Å². The van der Waals surface area contributed by atoms with Crippen LogP contribution in [0.15, 0.2) is 0 Å². The fourth-order valence-corrected chi connectivity index (χ4v) is 1.71. The van der Waals surface area contributed by atoms with Gasteiger partial charge in [0, 0.05) is 0 Å². The van der Waals surface area contributed by atoms with Gasteiger partial charge in [-0.2, -0.15) is 4.79 Å². The van der Waals surface area contributed by atoms with Crippen LogP contribution in [0.2, 0.25) is 0 Å². The van der Waals surface area contributed by atoms with Gasteiger partial charge in [-0.3, -0.25) is 0 Å². The molecule has 0 aliphatic carbocycles. The van der Waals surface area contributed by atoms with Crippen molar-refractivity contribution in [3.05, 3.63) is 0 Å². The summed E-state index contributed by atoms with van der Waals surface area (Å²) in [5, 5.41) is 0. The molecule has 0 bridgehead atoms. The molecule has 88 valence electrons. The van der Waals surface area contributed by atoms with Crippen molar-refractivity contribution in [1.29, 1.82) is 0 Å². The highest BCUT2D eigenvalue weighted by atomic mass is 31.1. The van der Waals surface area contributed by atoms with E-state index in [4.69, 9.17) is 4.52 Å². The Hall–Kier alpha value is -0.470. The minimum Gasteiger partial charge on any atom is -0.429 e. The molecular weight excluding hydrogens is 215 g/mol. The lowest BCUT2D eigenvalue weighted by molar-refractivity contribution is 0.191. The SMILES string of the molecule is CCCCCCCCO[P+](=O)C(=O)OC. The quantitative estimate of drug-likeness (QED) is 0.449. The molecule has 0 fully saturated rings. The standard InChI is InChI=1S/C10H20O4P/c1-3-4-5-6-7-8-9-14-15(12)10(11)13-2/h3-9H2,1-2H3/q+1. The van der Waals surface area contributed by atoms with Gasteiger partial charge in [-0.25, -0.2) is 0 Å². The van der Waals surface area contributed by atoms with E-state index in [2.05, 4.69) is 11.7 Å². The van der Waals surface area contributed by atoms with E-state index in [0.29, 0.717) is 6.61 Å². The molecule has 0 aliphatic heterocycles. The Labute approximate surface area is 92.2 Å². The Balaban J connectivity index is 3.24. The van der Waals surface area contributed by atoms with Crippen LogP contribution < -0.4 is 0 Å². The molecule has 0 N–H and O–H groups in total. The minimum absolute atomic E-state index is 0.371. The van der Waals surface area contributed by atoms with Crippen LogP contribution in [0.1, 0.15) is 45.4 Å². The van der Waals surface area contributed by atoms with Gasteiger partial charge in [-0.1, -0.05) is 39.0 Å². The average Bonchev–Trinajstić information content (AvgIpc) is 2.26. The second-order valence-corrected chi connectivity index (χ2v) is 4.47. The molecule has 0 heterocycles. The summed E-state index contributed by atoms with van der Waals surface area (Å²) >= 11 is 0. The van der Waals surface area contributed by atoms with E-state index in [9.17, 15) is 9.36 Å². The van der Waals surface area contributed by atoms with Crippen molar-refractivity contribution in [2.75, 3.05) is 13.7 Å². The molecule has 0 aromatic heterocycles. The predicted molar refractivity (Wildman–Crippen MR) is 59.3 cm³/mol. The lowest BCUT2D eigenvalue weighted by Gasteiger charge is -1.96. The third kappa shape index (κ3) is 8.52. The van der Waals surface area contributed by atoms with E-state index in [1.165, 1.54) is 32.8 Å². The number of hydrogen-bond acceptors (Lipinski definition) is 4. The van der Waals surface area contributed by atoms with E-state index < -0.39 is 13.7 Å².